The first-order chi connectivity index (χ1) is 22.8. The van der Waals surface area contributed by atoms with Gasteiger partial charge in [-0.25, -0.2) is 0 Å². The summed E-state index contributed by atoms with van der Waals surface area (Å²) in [5, 5.41) is 4.45. The van der Waals surface area contributed by atoms with E-state index >= 15 is 0 Å². The number of para-hydroxylation sites is 4. The van der Waals surface area contributed by atoms with E-state index in [1.165, 1.54) is 0 Å². The SMILES string of the molecule is CC.c1ccc(N(c2ccccc2)c2ccc3c4ccc(N(c5ccccc5)c5ccccc5)cc4c4nccnc4c3c2)cc1. The van der Waals surface area contributed by atoms with Crippen molar-refractivity contribution in [3.05, 3.63) is 170 Å². The average molecular weight is 595 g/mol. The molecule has 0 radical (unpaired) electrons. The van der Waals surface area contributed by atoms with Crippen molar-refractivity contribution in [1.82, 2.24) is 9.97 Å². The second-order valence-electron chi connectivity index (χ2n) is 10.7. The maximum absolute atomic E-state index is 4.90. The van der Waals surface area contributed by atoms with E-state index in [-0.39, 0.29) is 0 Å². The van der Waals surface area contributed by atoms with Crippen LogP contribution in [0.15, 0.2) is 170 Å². The summed E-state index contributed by atoms with van der Waals surface area (Å²) in [6.45, 7) is 4.00. The topological polar surface area (TPSA) is 32.3 Å². The van der Waals surface area contributed by atoms with Crippen LogP contribution in [-0.2, 0) is 0 Å². The second-order valence-corrected chi connectivity index (χ2v) is 10.7. The molecular weight excluding hydrogens is 560 g/mol. The maximum atomic E-state index is 4.90. The van der Waals surface area contributed by atoms with Gasteiger partial charge in [-0.05, 0) is 83.6 Å². The smallest absolute Gasteiger partial charge is 0.0972 e. The highest BCUT2D eigenvalue weighted by atomic mass is 15.1. The fourth-order valence-electron chi connectivity index (χ4n) is 6.14. The number of nitrogens with zero attached hydrogens (tertiary/aromatic N) is 4. The first kappa shape index (κ1) is 28.8. The van der Waals surface area contributed by atoms with Crippen molar-refractivity contribution in [3.63, 3.8) is 0 Å². The Morgan fingerprint density at radius 2 is 0.630 bits per heavy atom. The van der Waals surface area contributed by atoms with Crippen LogP contribution in [-0.4, -0.2) is 9.97 Å². The van der Waals surface area contributed by atoms with Crippen LogP contribution in [0.5, 0.6) is 0 Å². The normalized spacial score (nSPS) is 10.8. The van der Waals surface area contributed by atoms with Gasteiger partial charge in [0.2, 0.25) is 0 Å². The van der Waals surface area contributed by atoms with Gasteiger partial charge in [0.1, 0.15) is 0 Å². The van der Waals surface area contributed by atoms with Gasteiger partial charge in [-0.2, -0.15) is 0 Å². The summed E-state index contributed by atoms with van der Waals surface area (Å²) >= 11 is 0. The highest BCUT2D eigenvalue weighted by molar-refractivity contribution is 6.24. The molecule has 8 rings (SSSR count). The number of hydrogen-bond donors (Lipinski definition) is 0. The van der Waals surface area contributed by atoms with Gasteiger partial charge in [0, 0.05) is 57.3 Å². The summed E-state index contributed by atoms with van der Waals surface area (Å²) < 4.78 is 0. The molecule has 4 nitrogen and oxygen atoms in total. The molecule has 7 aromatic carbocycles. The second kappa shape index (κ2) is 12.9. The Kier molecular flexibility index (Phi) is 8.08. The molecule has 0 aliphatic heterocycles. The van der Waals surface area contributed by atoms with E-state index < -0.39 is 0 Å². The molecule has 8 aromatic rings. The van der Waals surface area contributed by atoms with E-state index in [0.29, 0.717) is 0 Å². The molecule has 0 N–H and O–H groups in total. The fourth-order valence-corrected chi connectivity index (χ4v) is 6.14. The monoisotopic (exact) mass is 594 g/mol. The Bertz CT molecular complexity index is 1960. The quantitative estimate of drug-likeness (QED) is 0.179. The van der Waals surface area contributed by atoms with Crippen LogP contribution in [0, 0.1) is 0 Å². The third kappa shape index (κ3) is 5.31. The summed E-state index contributed by atoms with van der Waals surface area (Å²) in [4.78, 5) is 14.4. The summed E-state index contributed by atoms with van der Waals surface area (Å²) in [5.41, 5.74) is 8.31. The molecular formula is C42H34N4. The predicted molar refractivity (Wildman–Crippen MR) is 195 cm³/mol. The molecule has 0 saturated heterocycles. The lowest BCUT2D eigenvalue weighted by molar-refractivity contribution is 1.28. The van der Waals surface area contributed by atoms with Gasteiger partial charge >= 0.3 is 0 Å². The lowest BCUT2D eigenvalue weighted by Crippen LogP contribution is -2.10. The minimum Gasteiger partial charge on any atom is -0.310 e. The van der Waals surface area contributed by atoms with Crippen LogP contribution >= 0.6 is 0 Å². The van der Waals surface area contributed by atoms with Gasteiger partial charge in [0.25, 0.3) is 0 Å². The van der Waals surface area contributed by atoms with Crippen molar-refractivity contribution < 1.29 is 0 Å². The van der Waals surface area contributed by atoms with Crippen LogP contribution < -0.4 is 9.80 Å². The molecule has 4 heteroatoms. The summed E-state index contributed by atoms with van der Waals surface area (Å²) in [6, 6.07) is 55.3. The van der Waals surface area contributed by atoms with Gasteiger partial charge in [-0.15, -0.1) is 0 Å². The number of anilines is 6. The molecule has 0 amide bonds. The highest BCUT2D eigenvalue weighted by Gasteiger charge is 2.18. The number of benzene rings is 7. The number of fused-ring (bicyclic) bond motifs is 6. The zero-order valence-electron chi connectivity index (χ0n) is 26.0. The molecule has 0 fully saturated rings. The fraction of sp³-hybridized carbons (Fsp3) is 0.0476. The van der Waals surface area contributed by atoms with Gasteiger partial charge in [0.05, 0.1) is 11.0 Å². The van der Waals surface area contributed by atoms with Crippen LogP contribution in [0.25, 0.3) is 32.6 Å². The largest absolute Gasteiger partial charge is 0.310 e. The van der Waals surface area contributed by atoms with E-state index in [1.54, 1.807) is 12.4 Å². The van der Waals surface area contributed by atoms with E-state index in [9.17, 15) is 0 Å². The predicted octanol–water partition coefficient (Wildman–Crippen LogP) is 11.9. The van der Waals surface area contributed by atoms with Crippen LogP contribution in [0.2, 0.25) is 0 Å². The van der Waals surface area contributed by atoms with Crippen LogP contribution in [0.3, 0.4) is 0 Å². The molecule has 0 unspecified atom stereocenters. The molecule has 222 valence electrons. The van der Waals surface area contributed by atoms with E-state index in [0.717, 1.165) is 66.7 Å². The molecule has 46 heavy (non-hydrogen) atoms. The van der Waals surface area contributed by atoms with Gasteiger partial charge in [-0.1, -0.05) is 98.8 Å². The summed E-state index contributed by atoms with van der Waals surface area (Å²) in [6.07, 6.45) is 3.58. The Morgan fingerprint density at radius 1 is 0.326 bits per heavy atom. The number of rotatable bonds is 6. The molecule has 0 aliphatic rings. The third-order valence-electron chi connectivity index (χ3n) is 8.08. The molecule has 1 aromatic heterocycles. The Balaban J connectivity index is 0.00000166. The van der Waals surface area contributed by atoms with Crippen molar-refractivity contribution in [1.29, 1.82) is 0 Å². The average Bonchev–Trinajstić information content (AvgIpc) is 3.15. The van der Waals surface area contributed by atoms with Crippen molar-refractivity contribution >= 4 is 66.7 Å². The van der Waals surface area contributed by atoms with Gasteiger partial charge < -0.3 is 9.80 Å². The minimum atomic E-state index is 0.890. The molecule has 0 saturated carbocycles. The summed E-state index contributed by atoms with van der Waals surface area (Å²) in [7, 11) is 0. The van der Waals surface area contributed by atoms with Gasteiger partial charge in [-0.3, -0.25) is 9.97 Å². The minimum absolute atomic E-state index is 0.890. The van der Waals surface area contributed by atoms with E-state index in [2.05, 4.69) is 143 Å². The van der Waals surface area contributed by atoms with E-state index in [4.69, 9.17) is 9.97 Å². The van der Waals surface area contributed by atoms with Crippen molar-refractivity contribution in [2.24, 2.45) is 0 Å². The molecule has 1 heterocycles. The maximum Gasteiger partial charge on any atom is 0.0972 e. The molecule has 0 atom stereocenters. The zero-order chi connectivity index (χ0) is 31.3. The Labute approximate surface area is 269 Å². The number of hydrogen-bond acceptors (Lipinski definition) is 4. The van der Waals surface area contributed by atoms with Crippen LogP contribution in [0.4, 0.5) is 34.1 Å². The molecule has 0 spiro atoms. The van der Waals surface area contributed by atoms with Crippen molar-refractivity contribution in [2.45, 2.75) is 13.8 Å². The van der Waals surface area contributed by atoms with Crippen molar-refractivity contribution in [2.75, 3.05) is 9.80 Å². The standard InChI is InChI=1S/C40H28N4.C2H6/c1-5-13-29(14-6-1)43(30-15-7-2-8-16-30)33-21-23-35-36-24-22-34(28-38(36)40-39(37(35)27-33)41-25-26-42-40)44(31-17-9-3-10-18-31)32-19-11-4-12-20-32;1-2/h1-28H;1-2H3. The number of aromatic nitrogens is 2. The lowest BCUT2D eigenvalue weighted by atomic mass is 9.97. The first-order valence-corrected chi connectivity index (χ1v) is 15.8. The Morgan fingerprint density at radius 3 is 0.935 bits per heavy atom. The zero-order valence-corrected chi connectivity index (χ0v) is 26.0. The van der Waals surface area contributed by atoms with Crippen molar-refractivity contribution in [3.8, 4) is 0 Å². The van der Waals surface area contributed by atoms with Gasteiger partial charge in [0.15, 0.2) is 0 Å². The van der Waals surface area contributed by atoms with E-state index in [1.807, 2.05) is 38.1 Å². The van der Waals surface area contributed by atoms with Crippen LogP contribution in [0.1, 0.15) is 13.8 Å². The third-order valence-corrected chi connectivity index (χ3v) is 8.08. The summed E-state index contributed by atoms with van der Waals surface area (Å²) in [5.74, 6) is 0. The highest BCUT2D eigenvalue weighted by Crippen LogP contribution is 2.42. The molecule has 0 bridgehead atoms. The lowest BCUT2D eigenvalue weighted by Gasteiger charge is -2.26. The Hall–Kier alpha value is -6.00. The molecule has 0 aliphatic carbocycles. The first-order valence-electron chi connectivity index (χ1n) is 15.8.